The number of nitrogens with zero attached hydrogens (tertiary/aromatic N) is 2. The summed E-state index contributed by atoms with van der Waals surface area (Å²) in [4.78, 5) is 12.0. The molecule has 0 amide bonds. The number of carbonyl (C=O) groups is 1. The Labute approximate surface area is 96.2 Å². The second-order valence-electron chi connectivity index (χ2n) is 4.73. The molecule has 1 heterocycles. The zero-order valence-electron chi connectivity index (χ0n) is 9.94. The highest BCUT2D eigenvalue weighted by atomic mass is 16.1. The third-order valence-corrected chi connectivity index (χ3v) is 3.15. The molecule has 3 heteroatoms. The number of aromatic nitrogens is 2. The van der Waals surface area contributed by atoms with Crippen LogP contribution in [0.2, 0.25) is 0 Å². The number of hydrogen-bond acceptors (Lipinski definition) is 2. The van der Waals surface area contributed by atoms with Gasteiger partial charge in [0, 0.05) is 19.7 Å². The Morgan fingerprint density at radius 3 is 3.00 bits per heavy atom. The van der Waals surface area contributed by atoms with Gasteiger partial charge in [0.05, 0.1) is 6.20 Å². The van der Waals surface area contributed by atoms with E-state index < -0.39 is 0 Å². The monoisotopic (exact) mass is 218 g/mol. The van der Waals surface area contributed by atoms with Crippen LogP contribution in [-0.2, 0) is 18.3 Å². The van der Waals surface area contributed by atoms with Crippen molar-refractivity contribution < 1.29 is 4.79 Å². The van der Waals surface area contributed by atoms with E-state index in [0.29, 0.717) is 6.42 Å². The van der Waals surface area contributed by atoms with Crippen molar-refractivity contribution in [2.75, 3.05) is 0 Å². The number of hydrogen-bond donors (Lipinski definition) is 0. The number of ketones is 1. The summed E-state index contributed by atoms with van der Waals surface area (Å²) in [7, 11) is 1.87. The van der Waals surface area contributed by atoms with E-state index in [4.69, 9.17) is 0 Å². The van der Waals surface area contributed by atoms with Crippen LogP contribution in [0.25, 0.3) is 0 Å². The van der Waals surface area contributed by atoms with Crippen LogP contribution < -0.4 is 0 Å². The Morgan fingerprint density at radius 1 is 1.62 bits per heavy atom. The second kappa shape index (κ2) is 4.64. The number of Topliss-reactive ketones (excluding diaryl/α,β-unsaturated/α-hetero) is 1. The van der Waals surface area contributed by atoms with Crippen molar-refractivity contribution in [1.29, 1.82) is 0 Å². The van der Waals surface area contributed by atoms with E-state index in [1.165, 1.54) is 0 Å². The molecule has 1 aromatic heterocycles. The highest BCUT2D eigenvalue weighted by Gasteiger charge is 2.16. The molecule has 0 bridgehead atoms. The molecular weight excluding hydrogens is 200 g/mol. The van der Waals surface area contributed by atoms with Gasteiger partial charge in [-0.15, -0.1) is 0 Å². The molecule has 3 nitrogen and oxygen atoms in total. The minimum atomic E-state index is 0.264. The molecule has 0 radical (unpaired) electrons. The summed E-state index contributed by atoms with van der Waals surface area (Å²) in [5.74, 6) is 0.995. The van der Waals surface area contributed by atoms with Gasteiger partial charge in [-0.25, -0.2) is 0 Å². The molecule has 0 saturated heterocycles. The van der Waals surface area contributed by atoms with Gasteiger partial charge < -0.3 is 0 Å². The standard InChI is InChI=1S/C13H18N2O/c1-10-3-5-12(6-4-10)13(16)7-11-8-14-15(2)9-11/h5,8-10H,3-4,6-7H2,1-2H3. The smallest absolute Gasteiger partial charge is 0.163 e. The highest BCUT2D eigenvalue weighted by molar-refractivity contribution is 5.96. The first kappa shape index (κ1) is 11.1. The third-order valence-electron chi connectivity index (χ3n) is 3.15. The lowest BCUT2D eigenvalue weighted by atomic mass is 9.88. The fourth-order valence-electron chi connectivity index (χ4n) is 2.08. The minimum Gasteiger partial charge on any atom is -0.294 e. The number of rotatable bonds is 3. The molecule has 86 valence electrons. The zero-order chi connectivity index (χ0) is 11.5. The lowest BCUT2D eigenvalue weighted by Crippen LogP contribution is -2.11. The Balaban J connectivity index is 1.98. The first-order chi connectivity index (χ1) is 7.65. The molecule has 1 aromatic rings. The Bertz CT molecular complexity index is 417. The molecular formula is C13H18N2O. The van der Waals surface area contributed by atoms with Gasteiger partial charge in [0.2, 0.25) is 0 Å². The summed E-state index contributed by atoms with van der Waals surface area (Å²) in [6, 6.07) is 0. The van der Waals surface area contributed by atoms with Crippen LogP contribution >= 0.6 is 0 Å². The lowest BCUT2D eigenvalue weighted by Gasteiger charge is -2.16. The van der Waals surface area contributed by atoms with Crippen LogP contribution in [-0.4, -0.2) is 15.6 Å². The first-order valence-electron chi connectivity index (χ1n) is 5.85. The largest absolute Gasteiger partial charge is 0.294 e. The average Bonchev–Trinajstić information content (AvgIpc) is 2.65. The van der Waals surface area contributed by atoms with E-state index >= 15 is 0 Å². The maximum Gasteiger partial charge on any atom is 0.163 e. The molecule has 0 aromatic carbocycles. The van der Waals surface area contributed by atoms with E-state index in [2.05, 4.69) is 18.1 Å². The minimum absolute atomic E-state index is 0.264. The third kappa shape index (κ3) is 2.60. The van der Waals surface area contributed by atoms with Crippen molar-refractivity contribution in [3.63, 3.8) is 0 Å². The van der Waals surface area contributed by atoms with Gasteiger partial charge in [-0.2, -0.15) is 5.10 Å². The Hall–Kier alpha value is -1.38. The van der Waals surface area contributed by atoms with Gasteiger partial charge >= 0.3 is 0 Å². The molecule has 1 aliphatic rings. The highest BCUT2D eigenvalue weighted by Crippen LogP contribution is 2.24. The van der Waals surface area contributed by atoms with Gasteiger partial charge in [-0.05, 0) is 36.3 Å². The van der Waals surface area contributed by atoms with Gasteiger partial charge in [0.1, 0.15) is 0 Å². The Kier molecular flexibility index (Phi) is 3.22. The quantitative estimate of drug-likeness (QED) is 0.780. The molecule has 0 saturated carbocycles. The van der Waals surface area contributed by atoms with Gasteiger partial charge in [-0.3, -0.25) is 9.48 Å². The van der Waals surface area contributed by atoms with Crippen molar-refractivity contribution in [1.82, 2.24) is 9.78 Å². The summed E-state index contributed by atoms with van der Waals surface area (Å²) < 4.78 is 1.74. The summed E-state index contributed by atoms with van der Waals surface area (Å²) in [5.41, 5.74) is 2.02. The fraction of sp³-hybridized carbons (Fsp3) is 0.538. The normalized spacial score (nSPS) is 20.6. The molecule has 1 aliphatic carbocycles. The van der Waals surface area contributed by atoms with E-state index in [9.17, 15) is 4.79 Å². The zero-order valence-corrected chi connectivity index (χ0v) is 9.94. The Morgan fingerprint density at radius 2 is 2.44 bits per heavy atom. The second-order valence-corrected chi connectivity index (χ2v) is 4.73. The maximum absolute atomic E-state index is 12.0. The molecule has 1 atom stereocenters. The van der Waals surface area contributed by atoms with E-state index in [-0.39, 0.29) is 5.78 Å². The van der Waals surface area contributed by atoms with Crippen LogP contribution in [0.15, 0.2) is 24.0 Å². The first-order valence-corrected chi connectivity index (χ1v) is 5.85. The average molecular weight is 218 g/mol. The van der Waals surface area contributed by atoms with Crippen molar-refractivity contribution in [3.05, 3.63) is 29.6 Å². The molecule has 0 aliphatic heterocycles. The van der Waals surface area contributed by atoms with Crippen LogP contribution in [0.5, 0.6) is 0 Å². The fourth-order valence-corrected chi connectivity index (χ4v) is 2.08. The maximum atomic E-state index is 12.0. The molecule has 2 rings (SSSR count). The summed E-state index contributed by atoms with van der Waals surface area (Å²) >= 11 is 0. The number of aryl methyl sites for hydroxylation is 1. The SMILES string of the molecule is CC1CC=C(C(=O)Cc2cnn(C)c2)CC1. The molecule has 0 spiro atoms. The predicted molar refractivity (Wildman–Crippen MR) is 63.0 cm³/mol. The van der Waals surface area contributed by atoms with E-state index in [1.807, 2.05) is 13.2 Å². The molecule has 1 unspecified atom stereocenters. The van der Waals surface area contributed by atoms with Gasteiger partial charge in [-0.1, -0.05) is 13.0 Å². The van der Waals surface area contributed by atoms with Crippen molar-refractivity contribution in [2.24, 2.45) is 13.0 Å². The van der Waals surface area contributed by atoms with Crippen LogP contribution in [0.1, 0.15) is 31.7 Å². The van der Waals surface area contributed by atoms with E-state index in [0.717, 1.165) is 36.3 Å². The topological polar surface area (TPSA) is 34.9 Å². The van der Waals surface area contributed by atoms with Crippen LogP contribution in [0.3, 0.4) is 0 Å². The molecule has 0 N–H and O–H groups in total. The van der Waals surface area contributed by atoms with Gasteiger partial charge in [0.15, 0.2) is 5.78 Å². The van der Waals surface area contributed by atoms with Crippen molar-refractivity contribution in [3.8, 4) is 0 Å². The molecule has 16 heavy (non-hydrogen) atoms. The van der Waals surface area contributed by atoms with Gasteiger partial charge in [0.25, 0.3) is 0 Å². The van der Waals surface area contributed by atoms with E-state index in [1.54, 1.807) is 10.9 Å². The van der Waals surface area contributed by atoms with Crippen LogP contribution in [0.4, 0.5) is 0 Å². The summed E-state index contributed by atoms with van der Waals surface area (Å²) in [5, 5.41) is 4.07. The number of carbonyl (C=O) groups excluding carboxylic acids is 1. The summed E-state index contributed by atoms with van der Waals surface area (Å²) in [6.07, 6.45) is 9.42. The molecule has 0 fully saturated rings. The summed E-state index contributed by atoms with van der Waals surface area (Å²) in [6.45, 7) is 2.23. The number of allylic oxidation sites excluding steroid dienone is 2. The lowest BCUT2D eigenvalue weighted by molar-refractivity contribution is -0.115. The van der Waals surface area contributed by atoms with Crippen molar-refractivity contribution >= 4 is 5.78 Å². The van der Waals surface area contributed by atoms with Crippen LogP contribution in [0, 0.1) is 5.92 Å². The van der Waals surface area contributed by atoms with Crippen molar-refractivity contribution in [2.45, 2.75) is 32.6 Å². The predicted octanol–water partition coefficient (Wildman–Crippen LogP) is 2.28.